The molecule has 2 N–H and O–H groups in total. The Hall–Kier alpha value is -2.40. The molecule has 0 atom stereocenters. The Balaban J connectivity index is 1.77. The van der Waals surface area contributed by atoms with Gasteiger partial charge in [-0.05, 0) is 38.1 Å². The predicted molar refractivity (Wildman–Crippen MR) is 88.4 cm³/mol. The Morgan fingerprint density at radius 3 is 2.74 bits per heavy atom. The quantitative estimate of drug-likeness (QED) is 0.921. The number of nitrogens with zero attached hydrogens (tertiary/aromatic N) is 2. The molecule has 0 bridgehead atoms. The lowest BCUT2D eigenvalue weighted by Gasteiger charge is -2.27. The van der Waals surface area contributed by atoms with Crippen LogP contribution < -0.4 is 10.5 Å². The van der Waals surface area contributed by atoms with Crippen LogP contribution in [0.15, 0.2) is 42.6 Å². The van der Waals surface area contributed by atoms with Gasteiger partial charge in [-0.25, -0.2) is 4.98 Å². The molecule has 0 spiro atoms. The van der Waals surface area contributed by atoms with E-state index in [1.54, 1.807) is 12.1 Å². The fraction of sp³-hybridized carbons (Fsp3) is 0.333. The maximum Gasteiger partial charge on any atom is 0.248 e. The normalized spacial score (nSPS) is 15.3. The summed E-state index contributed by atoms with van der Waals surface area (Å²) in [6, 6.07) is 11.1. The van der Waals surface area contributed by atoms with Crippen molar-refractivity contribution in [3.63, 3.8) is 0 Å². The number of primary amides is 1. The molecule has 1 aliphatic rings. The van der Waals surface area contributed by atoms with Gasteiger partial charge in [0.05, 0.1) is 0 Å². The average molecular weight is 311 g/mol. The molecule has 0 radical (unpaired) electrons. The van der Waals surface area contributed by atoms with Crippen molar-refractivity contribution in [2.75, 3.05) is 13.1 Å². The number of ether oxygens (including phenoxy) is 1. The molecule has 3 rings (SSSR count). The Kier molecular flexibility index (Phi) is 4.88. The van der Waals surface area contributed by atoms with E-state index in [0.29, 0.717) is 11.4 Å². The van der Waals surface area contributed by atoms with Crippen molar-refractivity contribution < 1.29 is 9.53 Å². The average Bonchev–Trinajstić information content (AvgIpc) is 2.58. The van der Waals surface area contributed by atoms with E-state index in [4.69, 9.17) is 10.5 Å². The molecule has 0 saturated carbocycles. The maximum atomic E-state index is 11.3. The molecule has 2 heterocycles. The highest BCUT2D eigenvalue weighted by Crippen LogP contribution is 2.26. The van der Waals surface area contributed by atoms with Gasteiger partial charge in [0.1, 0.15) is 5.75 Å². The molecule has 0 aliphatic carbocycles. The lowest BCUT2D eigenvalue weighted by Crippen LogP contribution is -2.29. The van der Waals surface area contributed by atoms with E-state index < -0.39 is 5.91 Å². The van der Waals surface area contributed by atoms with Gasteiger partial charge < -0.3 is 10.5 Å². The molecular weight excluding hydrogens is 290 g/mol. The van der Waals surface area contributed by atoms with Crippen molar-refractivity contribution in [2.24, 2.45) is 5.73 Å². The summed E-state index contributed by atoms with van der Waals surface area (Å²) in [5.41, 5.74) is 6.82. The number of para-hydroxylation sites is 1. The minimum atomic E-state index is -0.487. The van der Waals surface area contributed by atoms with E-state index >= 15 is 0 Å². The van der Waals surface area contributed by atoms with Gasteiger partial charge in [-0.1, -0.05) is 24.6 Å². The van der Waals surface area contributed by atoms with Crippen molar-refractivity contribution in [2.45, 2.75) is 25.8 Å². The van der Waals surface area contributed by atoms with E-state index in [1.165, 1.54) is 25.5 Å². The highest BCUT2D eigenvalue weighted by atomic mass is 16.5. The van der Waals surface area contributed by atoms with Crippen molar-refractivity contribution >= 4 is 5.91 Å². The Morgan fingerprint density at radius 2 is 1.96 bits per heavy atom. The number of amides is 1. The molecule has 1 aromatic carbocycles. The van der Waals surface area contributed by atoms with Gasteiger partial charge in [0, 0.05) is 29.9 Å². The maximum absolute atomic E-state index is 11.3. The lowest BCUT2D eigenvalue weighted by atomic mass is 10.1. The van der Waals surface area contributed by atoms with Gasteiger partial charge in [0.15, 0.2) is 0 Å². The predicted octanol–water partition coefficient (Wildman–Crippen LogP) is 2.96. The highest BCUT2D eigenvalue weighted by Gasteiger charge is 2.14. The Bertz CT molecular complexity index is 681. The molecule has 5 nitrogen and oxygen atoms in total. The van der Waals surface area contributed by atoms with Crippen LogP contribution in [0, 0.1) is 0 Å². The minimum absolute atomic E-state index is 0.382. The zero-order valence-electron chi connectivity index (χ0n) is 13.1. The first kappa shape index (κ1) is 15.5. The van der Waals surface area contributed by atoms with Crippen LogP contribution in [0.2, 0.25) is 0 Å². The van der Waals surface area contributed by atoms with Gasteiger partial charge >= 0.3 is 0 Å². The van der Waals surface area contributed by atoms with Crippen molar-refractivity contribution in [1.82, 2.24) is 9.88 Å². The van der Waals surface area contributed by atoms with Crippen LogP contribution in [-0.4, -0.2) is 28.9 Å². The molecule has 1 aromatic heterocycles. The largest absolute Gasteiger partial charge is 0.439 e. The first-order chi connectivity index (χ1) is 11.2. The summed E-state index contributed by atoms with van der Waals surface area (Å²) >= 11 is 0. The third-order valence-corrected chi connectivity index (χ3v) is 4.05. The van der Waals surface area contributed by atoms with E-state index in [1.807, 2.05) is 18.2 Å². The fourth-order valence-electron chi connectivity index (χ4n) is 2.82. The smallest absolute Gasteiger partial charge is 0.248 e. The van der Waals surface area contributed by atoms with E-state index in [-0.39, 0.29) is 0 Å². The van der Waals surface area contributed by atoms with Crippen LogP contribution in [0.3, 0.4) is 0 Å². The second-order valence-electron chi connectivity index (χ2n) is 5.79. The van der Waals surface area contributed by atoms with Crippen LogP contribution in [0.5, 0.6) is 11.6 Å². The van der Waals surface area contributed by atoms with E-state index in [2.05, 4.69) is 16.0 Å². The first-order valence-electron chi connectivity index (χ1n) is 7.96. The summed E-state index contributed by atoms with van der Waals surface area (Å²) in [6.07, 6.45) is 5.36. The second-order valence-corrected chi connectivity index (χ2v) is 5.79. The van der Waals surface area contributed by atoms with Gasteiger partial charge in [0.25, 0.3) is 0 Å². The van der Waals surface area contributed by atoms with Gasteiger partial charge in [0.2, 0.25) is 11.8 Å². The summed E-state index contributed by atoms with van der Waals surface area (Å²) in [6.45, 7) is 3.12. The van der Waals surface area contributed by atoms with E-state index in [0.717, 1.165) is 30.9 Å². The number of nitrogens with two attached hydrogens (primary N) is 1. The van der Waals surface area contributed by atoms with Crippen molar-refractivity contribution in [3.8, 4) is 11.6 Å². The number of carbonyl (C=O) groups is 1. The van der Waals surface area contributed by atoms with Crippen LogP contribution >= 0.6 is 0 Å². The molecule has 23 heavy (non-hydrogen) atoms. The molecule has 1 fully saturated rings. The highest BCUT2D eigenvalue weighted by molar-refractivity contribution is 5.92. The molecule has 2 aromatic rings. The van der Waals surface area contributed by atoms with Crippen molar-refractivity contribution in [1.29, 1.82) is 0 Å². The fourth-order valence-corrected chi connectivity index (χ4v) is 2.82. The monoisotopic (exact) mass is 311 g/mol. The van der Waals surface area contributed by atoms with Gasteiger partial charge in [-0.2, -0.15) is 0 Å². The Labute approximate surface area is 136 Å². The molecule has 120 valence electrons. The molecule has 0 unspecified atom stereocenters. The topological polar surface area (TPSA) is 68.5 Å². The van der Waals surface area contributed by atoms with E-state index in [9.17, 15) is 4.79 Å². The molecule has 1 saturated heterocycles. The number of likely N-dealkylation sites (tertiary alicyclic amines) is 1. The number of hydrogen-bond acceptors (Lipinski definition) is 4. The second kappa shape index (κ2) is 7.24. The minimum Gasteiger partial charge on any atom is -0.439 e. The summed E-state index contributed by atoms with van der Waals surface area (Å²) in [5, 5.41) is 0. The molecular formula is C18H21N3O2. The summed E-state index contributed by atoms with van der Waals surface area (Å²) in [7, 11) is 0. The van der Waals surface area contributed by atoms with Crippen molar-refractivity contribution in [3.05, 3.63) is 53.7 Å². The summed E-state index contributed by atoms with van der Waals surface area (Å²) in [4.78, 5) is 17.9. The first-order valence-corrected chi connectivity index (χ1v) is 7.96. The van der Waals surface area contributed by atoms with Gasteiger partial charge in [-0.15, -0.1) is 0 Å². The number of aromatic nitrogens is 1. The number of hydrogen-bond donors (Lipinski definition) is 1. The van der Waals surface area contributed by atoms with Gasteiger partial charge in [-0.3, -0.25) is 9.69 Å². The number of carbonyl (C=O) groups excluding carboxylic acids is 1. The van der Waals surface area contributed by atoms with Crippen LogP contribution in [0.4, 0.5) is 0 Å². The summed E-state index contributed by atoms with van der Waals surface area (Å²) in [5.74, 6) is 0.665. The SMILES string of the molecule is NC(=O)c1ccnc(Oc2ccccc2CN2CCCCC2)c1. The summed E-state index contributed by atoms with van der Waals surface area (Å²) < 4.78 is 5.90. The molecule has 1 aliphatic heterocycles. The molecule has 5 heteroatoms. The standard InChI is InChI=1S/C18H21N3O2/c19-18(22)14-8-9-20-17(12-14)23-16-7-3-2-6-15(16)13-21-10-4-1-5-11-21/h2-3,6-9,12H,1,4-5,10-11,13H2,(H2,19,22). The third kappa shape index (κ3) is 4.07. The van der Waals surface area contributed by atoms with Crippen LogP contribution in [0.25, 0.3) is 0 Å². The van der Waals surface area contributed by atoms with Crippen LogP contribution in [-0.2, 0) is 6.54 Å². The number of piperidine rings is 1. The third-order valence-electron chi connectivity index (χ3n) is 4.05. The molecule has 1 amide bonds. The Morgan fingerprint density at radius 1 is 1.17 bits per heavy atom. The number of benzene rings is 1. The number of rotatable bonds is 5. The zero-order valence-corrected chi connectivity index (χ0v) is 13.1. The zero-order chi connectivity index (χ0) is 16.1. The lowest BCUT2D eigenvalue weighted by molar-refractivity contribution is 0.1000. The van der Waals surface area contributed by atoms with Crippen LogP contribution in [0.1, 0.15) is 35.2 Å². The number of pyridine rings is 1.